The lowest BCUT2D eigenvalue weighted by Gasteiger charge is -2.24. The lowest BCUT2D eigenvalue weighted by Crippen LogP contribution is -2.36. The average molecular weight is 401 g/mol. The van der Waals surface area contributed by atoms with E-state index >= 15 is 0 Å². The summed E-state index contributed by atoms with van der Waals surface area (Å²) in [7, 11) is 0. The molecular formula is C21H28N4O2S. The summed E-state index contributed by atoms with van der Waals surface area (Å²) in [5.74, 6) is 2.87. The average Bonchev–Trinajstić information content (AvgIpc) is 3.25. The summed E-state index contributed by atoms with van der Waals surface area (Å²) in [6.45, 7) is 1.84. The summed E-state index contributed by atoms with van der Waals surface area (Å²) in [6.07, 6.45) is 6.11. The van der Waals surface area contributed by atoms with Gasteiger partial charge >= 0.3 is 6.01 Å². The highest BCUT2D eigenvalue weighted by Gasteiger charge is 2.28. The van der Waals surface area contributed by atoms with Crippen LogP contribution in [0.4, 0.5) is 6.01 Å². The van der Waals surface area contributed by atoms with Crippen molar-refractivity contribution in [2.24, 2.45) is 5.92 Å². The number of aromatic nitrogens is 2. The summed E-state index contributed by atoms with van der Waals surface area (Å²) in [5, 5.41) is 11.8. The SMILES string of the molecule is O=C(N[C@@H](Cc1ccccc1)c1nnc(N2CCSCC2)o1)C1CCCCC1. The highest BCUT2D eigenvalue weighted by atomic mass is 32.2. The second-order valence-electron chi connectivity index (χ2n) is 7.61. The van der Waals surface area contributed by atoms with Crippen molar-refractivity contribution in [3.8, 4) is 0 Å². The van der Waals surface area contributed by atoms with E-state index in [9.17, 15) is 4.79 Å². The zero-order chi connectivity index (χ0) is 19.2. The molecule has 1 aliphatic heterocycles. The van der Waals surface area contributed by atoms with E-state index < -0.39 is 0 Å². The molecule has 2 heterocycles. The summed E-state index contributed by atoms with van der Waals surface area (Å²) in [5.41, 5.74) is 1.14. The van der Waals surface area contributed by atoms with E-state index in [1.807, 2.05) is 30.0 Å². The van der Waals surface area contributed by atoms with Crippen LogP contribution < -0.4 is 10.2 Å². The Morgan fingerprint density at radius 1 is 1.14 bits per heavy atom. The number of thioether (sulfide) groups is 1. The predicted molar refractivity (Wildman–Crippen MR) is 111 cm³/mol. The minimum Gasteiger partial charge on any atom is -0.406 e. The van der Waals surface area contributed by atoms with Crippen molar-refractivity contribution in [2.45, 2.75) is 44.6 Å². The van der Waals surface area contributed by atoms with Crippen LogP contribution in [0.15, 0.2) is 34.7 Å². The third kappa shape index (κ3) is 4.87. The van der Waals surface area contributed by atoms with Crippen LogP contribution in [0, 0.1) is 5.92 Å². The van der Waals surface area contributed by atoms with Crippen molar-refractivity contribution in [3.05, 3.63) is 41.8 Å². The zero-order valence-electron chi connectivity index (χ0n) is 16.2. The molecule has 1 saturated heterocycles. The van der Waals surface area contributed by atoms with Gasteiger partial charge in [0.05, 0.1) is 0 Å². The van der Waals surface area contributed by atoms with Crippen LogP contribution in [0.5, 0.6) is 0 Å². The fourth-order valence-corrected chi connectivity index (χ4v) is 4.86. The Labute approximate surface area is 170 Å². The van der Waals surface area contributed by atoms with Crippen molar-refractivity contribution in [2.75, 3.05) is 29.5 Å². The summed E-state index contributed by atoms with van der Waals surface area (Å²) in [4.78, 5) is 15.0. The first-order valence-electron chi connectivity index (χ1n) is 10.3. The Kier molecular flexibility index (Phi) is 6.52. The number of benzene rings is 1. The molecule has 150 valence electrons. The Morgan fingerprint density at radius 2 is 1.89 bits per heavy atom. The molecule has 1 amide bonds. The number of nitrogens with one attached hydrogen (secondary N) is 1. The molecule has 0 unspecified atom stereocenters. The van der Waals surface area contributed by atoms with Gasteiger partial charge in [-0.3, -0.25) is 4.79 Å². The lowest BCUT2D eigenvalue weighted by molar-refractivity contribution is -0.126. The van der Waals surface area contributed by atoms with Gasteiger partial charge in [0.1, 0.15) is 6.04 Å². The molecule has 1 aromatic carbocycles. The van der Waals surface area contributed by atoms with Crippen molar-refractivity contribution < 1.29 is 9.21 Å². The van der Waals surface area contributed by atoms with Crippen LogP contribution in [-0.4, -0.2) is 40.7 Å². The molecule has 6 nitrogen and oxygen atoms in total. The third-order valence-corrected chi connectivity index (χ3v) is 6.53. The first-order chi connectivity index (χ1) is 13.8. The van der Waals surface area contributed by atoms with Gasteiger partial charge in [-0.15, -0.1) is 5.10 Å². The fourth-order valence-electron chi connectivity index (χ4n) is 3.95. The highest BCUT2D eigenvalue weighted by molar-refractivity contribution is 7.99. The molecule has 0 spiro atoms. The van der Waals surface area contributed by atoms with Crippen LogP contribution in [-0.2, 0) is 11.2 Å². The van der Waals surface area contributed by atoms with Gasteiger partial charge in [0.25, 0.3) is 0 Å². The first-order valence-corrected chi connectivity index (χ1v) is 11.5. The van der Waals surface area contributed by atoms with Crippen molar-refractivity contribution in [1.82, 2.24) is 15.5 Å². The molecule has 2 fully saturated rings. The smallest absolute Gasteiger partial charge is 0.318 e. The first kappa shape index (κ1) is 19.3. The fraction of sp³-hybridized carbons (Fsp3) is 0.571. The topological polar surface area (TPSA) is 71.3 Å². The van der Waals surface area contributed by atoms with E-state index in [0.29, 0.717) is 18.3 Å². The zero-order valence-corrected chi connectivity index (χ0v) is 17.0. The van der Waals surface area contributed by atoms with E-state index in [1.54, 1.807) is 0 Å². The molecule has 1 aromatic heterocycles. The van der Waals surface area contributed by atoms with Crippen LogP contribution in [0.1, 0.15) is 49.6 Å². The van der Waals surface area contributed by atoms with E-state index in [1.165, 1.54) is 6.42 Å². The van der Waals surface area contributed by atoms with Gasteiger partial charge in [0.2, 0.25) is 11.8 Å². The summed E-state index contributed by atoms with van der Waals surface area (Å²) >= 11 is 1.94. The third-order valence-electron chi connectivity index (χ3n) is 5.58. The molecule has 7 heteroatoms. The number of carbonyl (C=O) groups excluding carboxylic acids is 1. The van der Waals surface area contributed by atoms with Crippen LogP contribution in [0.25, 0.3) is 0 Å². The van der Waals surface area contributed by atoms with E-state index in [0.717, 1.165) is 55.8 Å². The van der Waals surface area contributed by atoms with E-state index in [2.05, 4.69) is 32.5 Å². The van der Waals surface area contributed by atoms with Crippen molar-refractivity contribution in [1.29, 1.82) is 0 Å². The minimum atomic E-state index is -0.294. The van der Waals surface area contributed by atoms with Gasteiger partial charge in [0, 0.05) is 36.9 Å². The van der Waals surface area contributed by atoms with E-state index in [4.69, 9.17) is 4.42 Å². The quantitative estimate of drug-likeness (QED) is 0.799. The van der Waals surface area contributed by atoms with Gasteiger partial charge in [-0.2, -0.15) is 11.8 Å². The molecule has 1 atom stereocenters. The van der Waals surface area contributed by atoms with Gasteiger partial charge < -0.3 is 14.6 Å². The molecule has 1 saturated carbocycles. The maximum Gasteiger partial charge on any atom is 0.318 e. The largest absolute Gasteiger partial charge is 0.406 e. The lowest BCUT2D eigenvalue weighted by atomic mass is 9.88. The standard InChI is InChI=1S/C21H28N4O2S/c26-19(17-9-5-2-6-10-17)22-18(15-16-7-3-1-4-8-16)20-23-24-21(27-20)25-11-13-28-14-12-25/h1,3-4,7-8,17-18H,2,5-6,9-15H2,(H,22,26)/t18-/m0/s1. The Bertz CT molecular complexity index is 755. The van der Waals surface area contributed by atoms with Crippen molar-refractivity contribution in [3.63, 3.8) is 0 Å². The number of hydrogen-bond acceptors (Lipinski definition) is 6. The highest BCUT2D eigenvalue weighted by Crippen LogP contribution is 2.27. The molecular weight excluding hydrogens is 372 g/mol. The van der Waals surface area contributed by atoms with Gasteiger partial charge in [-0.25, -0.2) is 0 Å². The van der Waals surface area contributed by atoms with Gasteiger partial charge in [-0.05, 0) is 18.4 Å². The van der Waals surface area contributed by atoms with Crippen LogP contribution in [0.2, 0.25) is 0 Å². The Balaban J connectivity index is 1.50. The number of carbonyl (C=O) groups is 1. The minimum absolute atomic E-state index is 0.105. The molecule has 2 aromatic rings. The maximum atomic E-state index is 12.9. The molecule has 0 radical (unpaired) electrons. The van der Waals surface area contributed by atoms with E-state index in [-0.39, 0.29) is 17.9 Å². The van der Waals surface area contributed by atoms with Crippen LogP contribution >= 0.6 is 11.8 Å². The van der Waals surface area contributed by atoms with Crippen LogP contribution in [0.3, 0.4) is 0 Å². The Hall–Kier alpha value is -2.02. The molecule has 28 heavy (non-hydrogen) atoms. The predicted octanol–water partition coefficient (Wildman–Crippen LogP) is 3.60. The molecule has 2 aliphatic rings. The van der Waals surface area contributed by atoms with Gasteiger partial charge in [0.15, 0.2) is 0 Å². The molecule has 1 N–H and O–H groups in total. The second-order valence-corrected chi connectivity index (χ2v) is 8.83. The number of hydrogen-bond donors (Lipinski definition) is 1. The number of nitrogens with zero attached hydrogens (tertiary/aromatic N) is 3. The van der Waals surface area contributed by atoms with Crippen molar-refractivity contribution >= 4 is 23.7 Å². The maximum absolute atomic E-state index is 12.9. The normalized spacial score (nSPS) is 19.4. The second kappa shape index (κ2) is 9.45. The number of rotatable bonds is 6. The monoisotopic (exact) mass is 400 g/mol. The molecule has 4 rings (SSSR count). The molecule has 1 aliphatic carbocycles. The summed E-state index contributed by atoms with van der Waals surface area (Å²) in [6, 6.07) is 10.4. The summed E-state index contributed by atoms with van der Waals surface area (Å²) < 4.78 is 6.03. The number of amides is 1. The molecule has 0 bridgehead atoms. The van der Waals surface area contributed by atoms with Gasteiger partial charge in [-0.1, -0.05) is 54.7 Å². The Morgan fingerprint density at radius 3 is 2.64 bits per heavy atom. The number of anilines is 1.